The molecule has 3 aliphatic rings. The summed E-state index contributed by atoms with van der Waals surface area (Å²) in [6.45, 7) is 3.66. The average Bonchev–Trinajstić information content (AvgIpc) is 3.64. The molecule has 162 valence electrons. The predicted molar refractivity (Wildman–Crippen MR) is 114 cm³/mol. The number of hydrogen-bond donors (Lipinski definition) is 0. The van der Waals surface area contributed by atoms with E-state index < -0.39 is 0 Å². The number of nitriles is 1. The number of anilines is 2. The highest BCUT2D eigenvalue weighted by Gasteiger charge is 2.31. The smallest absolute Gasteiger partial charge is 0.187 e. The van der Waals surface area contributed by atoms with Crippen molar-refractivity contribution in [2.45, 2.75) is 44.6 Å². The quantitative estimate of drug-likeness (QED) is 0.732. The normalized spacial score (nSPS) is 19.1. The van der Waals surface area contributed by atoms with Gasteiger partial charge in [-0.1, -0.05) is 0 Å². The summed E-state index contributed by atoms with van der Waals surface area (Å²) >= 11 is 0. The van der Waals surface area contributed by atoms with Crippen LogP contribution in [0.1, 0.15) is 54.1 Å². The van der Waals surface area contributed by atoms with Gasteiger partial charge in [0, 0.05) is 44.6 Å². The first kappa shape index (κ1) is 20.1. The number of fused-ring (bicyclic) bond motifs is 1. The van der Waals surface area contributed by atoms with E-state index in [4.69, 9.17) is 9.72 Å². The van der Waals surface area contributed by atoms with Gasteiger partial charge in [-0.15, -0.1) is 0 Å². The molecule has 2 aliphatic heterocycles. The van der Waals surface area contributed by atoms with Gasteiger partial charge in [-0.25, -0.2) is 19.3 Å². The van der Waals surface area contributed by atoms with Crippen LogP contribution in [0.25, 0.3) is 0 Å². The van der Waals surface area contributed by atoms with E-state index in [0.29, 0.717) is 36.2 Å². The zero-order chi connectivity index (χ0) is 21.4. The third-order valence-electron chi connectivity index (χ3n) is 6.60. The monoisotopic (exact) mass is 422 g/mol. The predicted octanol–water partition coefficient (Wildman–Crippen LogP) is 3.19. The van der Waals surface area contributed by atoms with Gasteiger partial charge in [-0.3, -0.25) is 0 Å². The molecular weight excluding hydrogens is 395 g/mol. The molecule has 5 rings (SSSR count). The zero-order valence-electron chi connectivity index (χ0n) is 17.8. The maximum atomic E-state index is 14.9. The fourth-order valence-electron chi connectivity index (χ4n) is 4.68. The molecule has 0 radical (unpaired) electrons. The fourth-order valence-corrected chi connectivity index (χ4v) is 4.68. The van der Waals surface area contributed by atoms with Gasteiger partial charge in [0.05, 0.1) is 30.2 Å². The highest BCUT2D eigenvalue weighted by molar-refractivity contribution is 5.56. The third-order valence-corrected chi connectivity index (χ3v) is 6.60. The fraction of sp³-hybridized carbons (Fsp3) is 0.565. The second kappa shape index (κ2) is 8.39. The molecule has 2 aromatic rings. The number of hydrogen-bond acceptors (Lipinski definition) is 7. The van der Waals surface area contributed by atoms with Crippen molar-refractivity contribution in [3.05, 3.63) is 40.7 Å². The van der Waals surface area contributed by atoms with Crippen LogP contribution in [-0.4, -0.2) is 48.2 Å². The Balaban J connectivity index is 1.24. The van der Waals surface area contributed by atoms with Crippen molar-refractivity contribution in [1.82, 2.24) is 15.0 Å². The SMILES string of the molecule is CN(CC1CCN(c2nc3c(cc2C#N)COCC3)CC1)c1ncnc(C2CC2)c1F. The van der Waals surface area contributed by atoms with Crippen LogP contribution in [0.2, 0.25) is 0 Å². The van der Waals surface area contributed by atoms with Crippen molar-refractivity contribution in [2.75, 3.05) is 43.1 Å². The van der Waals surface area contributed by atoms with E-state index in [1.54, 1.807) is 0 Å². The van der Waals surface area contributed by atoms with Gasteiger partial charge in [-0.05, 0) is 37.7 Å². The highest BCUT2D eigenvalue weighted by atomic mass is 19.1. The van der Waals surface area contributed by atoms with E-state index in [9.17, 15) is 9.65 Å². The van der Waals surface area contributed by atoms with Crippen LogP contribution in [-0.2, 0) is 17.8 Å². The molecule has 8 heteroatoms. The first-order valence-electron chi connectivity index (χ1n) is 11.1. The summed E-state index contributed by atoms with van der Waals surface area (Å²) in [4.78, 5) is 17.4. The van der Waals surface area contributed by atoms with Crippen LogP contribution in [0.3, 0.4) is 0 Å². The molecular formula is C23H27FN6O. The molecule has 0 amide bonds. The molecule has 2 aromatic heterocycles. The highest BCUT2D eigenvalue weighted by Crippen LogP contribution is 2.41. The first-order chi connectivity index (χ1) is 15.1. The first-order valence-corrected chi connectivity index (χ1v) is 11.1. The van der Waals surface area contributed by atoms with Crippen LogP contribution < -0.4 is 9.80 Å². The van der Waals surface area contributed by atoms with E-state index in [2.05, 4.69) is 20.9 Å². The Morgan fingerprint density at radius 2 is 2.06 bits per heavy atom. The minimum Gasteiger partial charge on any atom is -0.376 e. The largest absolute Gasteiger partial charge is 0.376 e. The summed E-state index contributed by atoms with van der Waals surface area (Å²) in [5.74, 6) is 1.65. The molecule has 0 bridgehead atoms. The molecule has 0 aromatic carbocycles. The van der Waals surface area contributed by atoms with E-state index >= 15 is 0 Å². The van der Waals surface area contributed by atoms with Crippen molar-refractivity contribution in [3.8, 4) is 6.07 Å². The minimum atomic E-state index is -0.258. The molecule has 0 atom stereocenters. The third kappa shape index (κ3) is 4.07. The van der Waals surface area contributed by atoms with Gasteiger partial charge in [-0.2, -0.15) is 5.26 Å². The van der Waals surface area contributed by atoms with Crippen molar-refractivity contribution < 1.29 is 9.13 Å². The summed E-state index contributed by atoms with van der Waals surface area (Å²) in [7, 11) is 1.91. The van der Waals surface area contributed by atoms with E-state index in [1.807, 2.05) is 18.0 Å². The minimum absolute atomic E-state index is 0.258. The van der Waals surface area contributed by atoms with Gasteiger partial charge in [0.1, 0.15) is 18.2 Å². The summed E-state index contributed by atoms with van der Waals surface area (Å²) < 4.78 is 20.3. The number of nitrogens with zero attached hydrogens (tertiary/aromatic N) is 6. The van der Waals surface area contributed by atoms with Gasteiger partial charge in [0.2, 0.25) is 0 Å². The van der Waals surface area contributed by atoms with Crippen molar-refractivity contribution in [1.29, 1.82) is 5.26 Å². The van der Waals surface area contributed by atoms with Crippen LogP contribution in [0.15, 0.2) is 12.4 Å². The van der Waals surface area contributed by atoms with Gasteiger partial charge >= 0.3 is 0 Å². The summed E-state index contributed by atoms with van der Waals surface area (Å²) in [5, 5.41) is 9.63. The lowest BCUT2D eigenvalue weighted by molar-refractivity contribution is 0.109. The zero-order valence-corrected chi connectivity index (χ0v) is 17.8. The molecule has 0 spiro atoms. The van der Waals surface area contributed by atoms with Crippen molar-refractivity contribution in [2.24, 2.45) is 5.92 Å². The maximum absolute atomic E-state index is 14.9. The van der Waals surface area contributed by atoms with E-state index in [-0.39, 0.29) is 11.7 Å². The lowest BCUT2D eigenvalue weighted by Crippen LogP contribution is -2.39. The number of pyridine rings is 1. The molecule has 1 saturated heterocycles. The lowest BCUT2D eigenvalue weighted by Gasteiger charge is -2.35. The van der Waals surface area contributed by atoms with Crippen molar-refractivity contribution in [3.63, 3.8) is 0 Å². The molecule has 0 N–H and O–H groups in total. The molecule has 4 heterocycles. The van der Waals surface area contributed by atoms with Gasteiger partial charge < -0.3 is 14.5 Å². The molecule has 0 unspecified atom stereocenters. The number of piperidine rings is 1. The average molecular weight is 423 g/mol. The Hall–Kier alpha value is -2.79. The van der Waals surface area contributed by atoms with Crippen LogP contribution >= 0.6 is 0 Å². The van der Waals surface area contributed by atoms with Gasteiger partial charge in [0.25, 0.3) is 0 Å². The summed E-state index contributed by atoms with van der Waals surface area (Å²) in [6, 6.07) is 4.25. The van der Waals surface area contributed by atoms with E-state index in [1.165, 1.54) is 6.33 Å². The Morgan fingerprint density at radius 1 is 1.26 bits per heavy atom. The number of aromatic nitrogens is 3. The number of halogens is 1. The second-order valence-corrected chi connectivity index (χ2v) is 8.86. The Morgan fingerprint density at radius 3 is 2.81 bits per heavy atom. The Bertz CT molecular complexity index is 1010. The Labute approximate surface area is 181 Å². The molecule has 1 saturated carbocycles. The standard InChI is InChI=1S/C23H27FN6O/c1-29(23-20(24)21(16-2-3-16)26-14-27-23)12-15-4-7-30(8-5-15)22-17(11-25)10-18-13-31-9-6-19(18)28-22/h10,14-16H,2-9,12-13H2,1H3. The topological polar surface area (TPSA) is 78.2 Å². The van der Waals surface area contributed by atoms with Crippen LogP contribution in [0.4, 0.5) is 16.0 Å². The van der Waals surface area contributed by atoms with Gasteiger partial charge in [0.15, 0.2) is 11.6 Å². The van der Waals surface area contributed by atoms with E-state index in [0.717, 1.165) is 68.8 Å². The molecule has 2 fully saturated rings. The van der Waals surface area contributed by atoms with Crippen molar-refractivity contribution >= 4 is 11.6 Å². The summed E-state index contributed by atoms with van der Waals surface area (Å²) in [5.41, 5.74) is 3.27. The molecule has 1 aliphatic carbocycles. The second-order valence-electron chi connectivity index (χ2n) is 8.86. The molecule has 31 heavy (non-hydrogen) atoms. The Kier molecular flexibility index (Phi) is 5.45. The maximum Gasteiger partial charge on any atom is 0.187 e. The van der Waals surface area contributed by atoms with Crippen LogP contribution in [0, 0.1) is 23.1 Å². The van der Waals surface area contributed by atoms with Crippen LogP contribution in [0.5, 0.6) is 0 Å². The number of rotatable bonds is 5. The molecule has 7 nitrogen and oxygen atoms in total. The summed E-state index contributed by atoms with van der Waals surface area (Å²) in [6.07, 6.45) is 6.26. The lowest BCUT2D eigenvalue weighted by atomic mass is 9.95. The number of ether oxygens (including phenoxy) is 1.